The highest BCUT2D eigenvalue weighted by atomic mass is 16.3. The zero-order valence-corrected chi connectivity index (χ0v) is 10.8. The molecule has 3 aromatic carbocycles. The Labute approximate surface area is 118 Å². The van der Waals surface area contributed by atoms with E-state index >= 15 is 0 Å². The summed E-state index contributed by atoms with van der Waals surface area (Å²) in [7, 11) is 5.81. The molecule has 0 saturated heterocycles. The van der Waals surface area contributed by atoms with Crippen LogP contribution in [0.25, 0.3) is 33.1 Å². The molecular formula is C18H11BO. The average Bonchev–Trinajstić information content (AvgIpc) is 2.84. The SMILES string of the molecule is [B]c1ccc2c(c1)oc1cc(-c3ccccc3)ccc12. The second-order valence-electron chi connectivity index (χ2n) is 4.93. The molecule has 0 spiro atoms. The summed E-state index contributed by atoms with van der Waals surface area (Å²) in [6, 6.07) is 22.4. The van der Waals surface area contributed by atoms with E-state index in [4.69, 9.17) is 12.3 Å². The first-order chi connectivity index (χ1) is 9.81. The molecule has 2 radical (unpaired) electrons. The Morgan fingerprint density at radius 2 is 1.35 bits per heavy atom. The maximum absolute atomic E-state index is 5.92. The predicted octanol–water partition coefficient (Wildman–Crippen LogP) is 4.05. The Bertz CT molecular complexity index is 907. The summed E-state index contributed by atoms with van der Waals surface area (Å²) < 4.78 is 5.92. The molecular weight excluding hydrogens is 243 g/mol. The van der Waals surface area contributed by atoms with E-state index in [0.29, 0.717) is 0 Å². The zero-order chi connectivity index (χ0) is 13.5. The van der Waals surface area contributed by atoms with Gasteiger partial charge in [0.1, 0.15) is 19.0 Å². The number of fused-ring (bicyclic) bond motifs is 3. The van der Waals surface area contributed by atoms with Crippen LogP contribution in [0, 0.1) is 0 Å². The van der Waals surface area contributed by atoms with Crippen LogP contribution in [0.15, 0.2) is 71.1 Å². The van der Waals surface area contributed by atoms with Crippen molar-refractivity contribution in [1.29, 1.82) is 0 Å². The van der Waals surface area contributed by atoms with E-state index < -0.39 is 0 Å². The molecule has 0 saturated carbocycles. The topological polar surface area (TPSA) is 13.1 Å². The number of hydrogen-bond acceptors (Lipinski definition) is 1. The minimum Gasteiger partial charge on any atom is -0.456 e. The lowest BCUT2D eigenvalue weighted by Crippen LogP contribution is -1.98. The fourth-order valence-corrected chi connectivity index (χ4v) is 2.60. The number of furan rings is 1. The van der Waals surface area contributed by atoms with Crippen LogP contribution in [-0.4, -0.2) is 7.85 Å². The summed E-state index contributed by atoms with van der Waals surface area (Å²) in [6.07, 6.45) is 0. The van der Waals surface area contributed by atoms with Crippen molar-refractivity contribution in [2.24, 2.45) is 0 Å². The first-order valence-corrected chi connectivity index (χ1v) is 6.58. The standard InChI is InChI=1S/C18H11BO/c19-14-7-9-16-15-8-6-13(12-4-2-1-3-5-12)10-17(15)20-18(16)11-14/h1-11H. The largest absolute Gasteiger partial charge is 0.456 e. The first kappa shape index (κ1) is 11.4. The van der Waals surface area contributed by atoms with Gasteiger partial charge >= 0.3 is 0 Å². The van der Waals surface area contributed by atoms with Crippen LogP contribution >= 0.6 is 0 Å². The van der Waals surface area contributed by atoms with Crippen molar-refractivity contribution in [3.8, 4) is 11.1 Å². The van der Waals surface area contributed by atoms with Gasteiger partial charge in [-0.2, -0.15) is 0 Å². The number of hydrogen-bond donors (Lipinski definition) is 0. The molecule has 0 aliphatic heterocycles. The fraction of sp³-hybridized carbons (Fsp3) is 0. The molecule has 0 unspecified atom stereocenters. The van der Waals surface area contributed by atoms with E-state index in [1.54, 1.807) is 0 Å². The Balaban J connectivity index is 1.98. The smallest absolute Gasteiger partial charge is 0.136 e. The highest BCUT2D eigenvalue weighted by molar-refractivity contribution is 6.33. The van der Waals surface area contributed by atoms with Gasteiger partial charge in [-0.3, -0.25) is 0 Å². The number of benzene rings is 3. The van der Waals surface area contributed by atoms with Crippen molar-refractivity contribution in [3.05, 3.63) is 66.7 Å². The lowest BCUT2D eigenvalue weighted by molar-refractivity contribution is 0.669. The lowest BCUT2D eigenvalue weighted by Gasteiger charge is -2.00. The van der Waals surface area contributed by atoms with Gasteiger partial charge in [-0.15, -0.1) is 0 Å². The zero-order valence-electron chi connectivity index (χ0n) is 10.8. The van der Waals surface area contributed by atoms with Gasteiger partial charge < -0.3 is 4.42 Å². The molecule has 0 N–H and O–H groups in total. The summed E-state index contributed by atoms with van der Waals surface area (Å²) in [5.41, 5.74) is 4.80. The molecule has 0 fully saturated rings. The van der Waals surface area contributed by atoms with Gasteiger partial charge in [0, 0.05) is 10.8 Å². The maximum Gasteiger partial charge on any atom is 0.136 e. The maximum atomic E-state index is 5.92. The fourth-order valence-electron chi connectivity index (χ4n) is 2.60. The van der Waals surface area contributed by atoms with Crippen LogP contribution in [-0.2, 0) is 0 Å². The Hall–Kier alpha value is -2.48. The molecule has 92 valence electrons. The van der Waals surface area contributed by atoms with Crippen molar-refractivity contribution < 1.29 is 4.42 Å². The van der Waals surface area contributed by atoms with E-state index in [9.17, 15) is 0 Å². The van der Waals surface area contributed by atoms with Crippen LogP contribution in [0.5, 0.6) is 0 Å². The molecule has 20 heavy (non-hydrogen) atoms. The van der Waals surface area contributed by atoms with Gasteiger partial charge in [0.2, 0.25) is 0 Å². The minimum absolute atomic E-state index is 0.722. The summed E-state index contributed by atoms with van der Waals surface area (Å²) in [6.45, 7) is 0. The van der Waals surface area contributed by atoms with Crippen LogP contribution in [0.3, 0.4) is 0 Å². The van der Waals surface area contributed by atoms with E-state index in [-0.39, 0.29) is 0 Å². The van der Waals surface area contributed by atoms with Crippen molar-refractivity contribution in [3.63, 3.8) is 0 Å². The van der Waals surface area contributed by atoms with Crippen LogP contribution in [0.4, 0.5) is 0 Å². The molecule has 1 nitrogen and oxygen atoms in total. The van der Waals surface area contributed by atoms with Crippen LogP contribution in [0.1, 0.15) is 0 Å². The molecule has 1 aromatic heterocycles. The molecule has 2 heteroatoms. The third-order valence-electron chi connectivity index (χ3n) is 3.60. The van der Waals surface area contributed by atoms with Crippen molar-refractivity contribution in [1.82, 2.24) is 0 Å². The molecule has 0 aliphatic carbocycles. The first-order valence-electron chi connectivity index (χ1n) is 6.58. The molecule has 1 heterocycles. The summed E-state index contributed by atoms with van der Waals surface area (Å²) in [5.74, 6) is 0. The Morgan fingerprint density at radius 3 is 2.15 bits per heavy atom. The summed E-state index contributed by atoms with van der Waals surface area (Å²) in [4.78, 5) is 0. The van der Waals surface area contributed by atoms with Gasteiger partial charge in [0.05, 0.1) is 0 Å². The molecule has 0 bridgehead atoms. The molecule has 0 aliphatic rings. The predicted molar refractivity (Wildman–Crippen MR) is 84.5 cm³/mol. The minimum atomic E-state index is 0.722. The molecule has 4 rings (SSSR count). The monoisotopic (exact) mass is 254 g/mol. The Kier molecular flexibility index (Phi) is 2.43. The molecule has 0 atom stereocenters. The Morgan fingerprint density at radius 1 is 0.650 bits per heavy atom. The molecule has 4 aromatic rings. The van der Waals surface area contributed by atoms with E-state index in [0.717, 1.165) is 33.0 Å². The normalized spacial score (nSPS) is 11.2. The molecule has 0 amide bonds. The van der Waals surface area contributed by atoms with Gasteiger partial charge in [0.15, 0.2) is 0 Å². The summed E-state index contributed by atoms with van der Waals surface area (Å²) >= 11 is 0. The van der Waals surface area contributed by atoms with Crippen molar-refractivity contribution in [2.75, 3.05) is 0 Å². The highest BCUT2D eigenvalue weighted by Crippen LogP contribution is 2.31. The van der Waals surface area contributed by atoms with Gasteiger partial charge in [-0.05, 0) is 29.3 Å². The van der Waals surface area contributed by atoms with Crippen molar-refractivity contribution >= 4 is 35.2 Å². The number of rotatable bonds is 1. The van der Waals surface area contributed by atoms with Gasteiger partial charge in [0.25, 0.3) is 0 Å². The second kappa shape index (κ2) is 4.27. The van der Waals surface area contributed by atoms with Crippen LogP contribution < -0.4 is 5.46 Å². The third-order valence-corrected chi connectivity index (χ3v) is 3.60. The van der Waals surface area contributed by atoms with Gasteiger partial charge in [-0.25, -0.2) is 0 Å². The lowest BCUT2D eigenvalue weighted by atomic mass is 9.95. The third kappa shape index (κ3) is 1.73. The summed E-state index contributed by atoms with van der Waals surface area (Å²) in [5, 5.41) is 2.23. The van der Waals surface area contributed by atoms with Crippen molar-refractivity contribution in [2.45, 2.75) is 0 Å². The highest BCUT2D eigenvalue weighted by Gasteiger charge is 2.08. The van der Waals surface area contributed by atoms with E-state index in [1.165, 1.54) is 5.56 Å². The second-order valence-corrected chi connectivity index (χ2v) is 4.93. The van der Waals surface area contributed by atoms with E-state index in [2.05, 4.69) is 30.3 Å². The van der Waals surface area contributed by atoms with Crippen LogP contribution in [0.2, 0.25) is 0 Å². The quantitative estimate of drug-likeness (QED) is 0.467. The average molecular weight is 254 g/mol. The van der Waals surface area contributed by atoms with E-state index in [1.807, 2.05) is 36.4 Å². The van der Waals surface area contributed by atoms with Gasteiger partial charge in [-0.1, -0.05) is 54.0 Å².